The van der Waals surface area contributed by atoms with E-state index in [-0.39, 0.29) is 20.1 Å². The molecule has 0 bridgehead atoms. The van der Waals surface area contributed by atoms with E-state index in [1.807, 2.05) is 0 Å². The molecular weight excluding hydrogens is 466 g/mol. The van der Waals surface area contributed by atoms with E-state index >= 15 is 0 Å². The number of sulfonamides is 2. The molecule has 32 heavy (non-hydrogen) atoms. The second-order valence-corrected chi connectivity index (χ2v) is 10.5. The third kappa shape index (κ3) is 4.11. The summed E-state index contributed by atoms with van der Waals surface area (Å²) >= 11 is 0. The van der Waals surface area contributed by atoms with Crippen molar-refractivity contribution >= 4 is 37.4 Å². The fourth-order valence-corrected chi connectivity index (χ4v) is 6.55. The van der Waals surface area contributed by atoms with Crippen molar-refractivity contribution < 1.29 is 32.6 Å². The van der Waals surface area contributed by atoms with Crippen LogP contribution in [0.3, 0.4) is 0 Å². The Morgan fingerprint density at radius 1 is 1.25 bits per heavy atom. The average molecular weight is 489 g/mol. The van der Waals surface area contributed by atoms with Gasteiger partial charge in [0.05, 0.1) is 5.69 Å². The van der Waals surface area contributed by atoms with E-state index in [9.17, 15) is 26.4 Å². The molecule has 2 saturated heterocycles. The molecule has 4 rings (SSSR count). The van der Waals surface area contributed by atoms with Gasteiger partial charge in [-0.05, 0) is 41.5 Å². The second-order valence-electron chi connectivity index (χ2n) is 7.29. The van der Waals surface area contributed by atoms with Crippen LogP contribution < -0.4 is 24.9 Å². The van der Waals surface area contributed by atoms with E-state index in [4.69, 9.17) is 5.14 Å². The van der Waals surface area contributed by atoms with Gasteiger partial charge in [-0.3, -0.25) is 9.59 Å². The van der Waals surface area contributed by atoms with Crippen molar-refractivity contribution in [2.75, 3.05) is 24.5 Å². The number of amides is 1. The Bertz CT molecular complexity index is 1280. The summed E-state index contributed by atoms with van der Waals surface area (Å²) in [7, 11) is -9.05. The smallest absolute Gasteiger partial charge is 0.294 e. The lowest BCUT2D eigenvalue weighted by Crippen LogP contribution is -2.47. The molecule has 174 valence electrons. The number of ketones is 1. The van der Waals surface area contributed by atoms with Gasteiger partial charge < -0.3 is 10.2 Å². The zero-order valence-corrected chi connectivity index (χ0v) is 18.2. The molecule has 0 radical (unpaired) electrons. The molecule has 2 aliphatic rings. The van der Waals surface area contributed by atoms with Crippen molar-refractivity contribution in [3.63, 3.8) is 0 Å². The summed E-state index contributed by atoms with van der Waals surface area (Å²) < 4.78 is 54.0. The fourth-order valence-electron chi connectivity index (χ4n) is 3.71. The number of aromatic nitrogens is 5. The Morgan fingerprint density at radius 2 is 2.03 bits per heavy atom. The van der Waals surface area contributed by atoms with E-state index in [2.05, 4.69) is 30.9 Å². The van der Waals surface area contributed by atoms with Crippen molar-refractivity contribution in [2.45, 2.75) is 35.1 Å². The topological polar surface area (TPSA) is 214 Å². The molecule has 1 atom stereocenters. The van der Waals surface area contributed by atoms with Crippen LogP contribution >= 0.6 is 0 Å². The van der Waals surface area contributed by atoms with E-state index in [0.29, 0.717) is 25.9 Å². The lowest BCUT2D eigenvalue weighted by Gasteiger charge is -2.27. The minimum absolute atomic E-state index is 0. The highest BCUT2D eigenvalue weighted by molar-refractivity contribution is 7.92. The van der Waals surface area contributed by atoms with E-state index < -0.39 is 53.3 Å². The number of benzene rings is 1. The number of Topliss-reactive ketones (excluding diaryl/α,β-unsaturated/α-hetero) is 1. The minimum Gasteiger partial charge on any atom is -0.315 e. The molecule has 1 aromatic carbocycles. The predicted octanol–water partition coefficient (Wildman–Crippen LogP) is -3.29. The van der Waals surface area contributed by atoms with E-state index in [0.717, 1.165) is 15.8 Å². The number of carbonyl (C=O) groups excluding carboxylic acids is 2. The van der Waals surface area contributed by atoms with Gasteiger partial charge in [0.2, 0.25) is 36.3 Å². The molecule has 1 amide bonds. The van der Waals surface area contributed by atoms with Crippen molar-refractivity contribution in [3.8, 4) is 5.69 Å². The summed E-state index contributed by atoms with van der Waals surface area (Å²) in [6, 6.07) is 1.80. The average Bonchev–Trinajstić information content (AvgIpc) is 3.42. The number of nitrogens with zero attached hydrogens (tertiary/aromatic N) is 5. The summed E-state index contributed by atoms with van der Waals surface area (Å²) in [6.45, 7) is 1.08. The normalized spacial score (nSPS) is 20.2. The van der Waals surface area contributed by atoms with Gasteiger partial charge in [-0.1, -0.05) is 0 Å². The number of H-pyrrole nitrogens is 1. The molecule has 0 spiro atoms. The van der Waals surface area contributed by atoms with Crippen LogP contribution in [-0.2, 0) is 29.6 Å². The lowest BCUT2D eigenvalue weighted by molar-refractivity contribution is -0.721. The first-order valence-electron chi connectivity index (χ1n) is 9.53. The third-order valence-corrected chi connectivity index (χ3v) is 7.79. The maximum atomic E-state index is 13.1. The van der Waals surface area contributed by atoms with Gasteiger partial charge in [-0.25, -0.2) is 26.7 Å². The third-order valence-electron chi connectivity index (χ3n) is 5.12. The molecule has 2 aromatic rings. The molecular formula is C15H22N9O6S2+. The first-order valence-corrected chi connectivity index (χ1v) is 12.6. The lowest BCUT2D eigenvalue weighted by atomic mass is 10.1. The number of aromatic amines is 1. The number of nitrogens with one attached hydrogen (secondary N) is 3. The quantitative estimate of drug-likeness (QED) is 0.235. The summed E-state index contributed by atoms with van der Waals surface area (Å²) in [5.41, 5.74) is -0.481. The Kier molecular flexibility index (Phi) is 5.76. The number of hydrogen-bond acceptors (Lipinski definition) is 10. The summed E-state index contributed by atoms with van der Waals surface area (Å²) in [6.07, 6.45) is 0.903. The Morgan fingerprint density at radius 3 is 2.66 bits per heavy atom. The van der Waals surface area contributed by atoms with Gasteiger partial charge >= 0.3 is 0 Å². The number of hydrogen-bond donors (Lipinski definition) is 4. The van der Waals surface area contributed by atoms with Crippen LogP contribution in [0.2, 0.25) is 0 Å². The van der Waals surface area contributed by atoms with Crippen molar-refractivity contribution in [1.82, 2.24) is 30.9 Å². The number of primary sulfonamides is 1. The first kappa shape index (κ1) is 22.3. The van der Waals surface area contributed by atoms with Crippen LogP contribution in [0, 0.1) is 0 Å². The second kappa shape index (κ2) is 8.24. The van der Waals surface area contributed by atoms with Crippen LogP contribution in [-0.4, -0.2) is 75.1 Å². The predicted molar refractivity (Wildman–Crippen MR) is 107 cm³/mol. The molecule has 0 saturated carbocycles. The number of rotatable bonds is 6. The maximum Gasteiger partial charge on any atom is 0.294 e. The highest BCUT2D eigenvalue weighted by Crippen LogP contribution is 2.33. The molecule has 2 fully saturated rings. The van der Waals surface area contributed by atoms with Crippen LogP contribution in [0.25, 0.3) is 5.69 Å². The number of carbonyl (C=O) groups is 2. The van der Waals surface area contributed by atoms with Gasteiger partial charge in [-0.15, -0.1) is 0 Å². The van der Waals surface area contributed by atoms with Crippen LogP contribution in [0.5, 0.6) is 0 Å². The fraction of sp³-hybridized carbons (Fsp3) is 0.467. The van der Waals surface area contributed by atoms with Gasteiger partial charge in [0, 0.05) is 27.0 Å². The van der Waals surface area contributed by atoms with Gasteiger partial charge in [0.1, 0.15) is 15.0 Å². The minimum atomic E-state index is -4.69. The highest BCUT2D eigenvalue weighted by atomic mass is 32.2. The maximum absolute atomic E-state index is 13.1. The largest absolute Gasteiger partial charge is 0.315 e. The van der Waals surface area contributed by atoms with Gasteiger partial charge in [0.25, 0.3) is 5.91 Å². The van der Waals surface area contributed by atoms with Crippen LogP contribution in [0.1, 0.15) is 20.7 Å². The molecule has 0 unspecified atom stereocenters. The Hall–Kier alpha value is -2.86. The standard InChI is InChI=1S/C15H19N9O6S2.H2/c16-31(27,28)14-12(32(29,30)18-9-5-6-17-8-9)4-3-10(13(14)24-21-19-20-22-24)23-7-1-2-11(25)15(23)26;/h3-4,9,17-18H,1-2,5-8H2,(H2,16,27,28);1H/p+1/t9-;/m1./s1. The summed E-state index contributed by atoms with van der Waals surface area (Å²) in [5.74, 6) is -1.52. The van der Waals surface area contributed by atoms with E-state index in [1.54, 1.807) is 0 Å². The van der Waals surface area contributed by atoms with Gasteiger partial charge in [0.15, 0.2) is 5.69 Å². The van der Waals surface area contributed by atoms with Gasteiger partial charge in [-0.2, -0.15) is 0 Å². The summed E-state index contributed by atoms with van der Waals surface area (Å²) in [4.78, 5) is 24.9. The SMILES string of the molecule is NS(=O)(=O)c1c(S(=O)(=O)N[C@@H]2CCNC2)ccc(N2CCCC(=O)C2=O)c1-[n+]1nnn[nH]1.[HH]. The Balaban J connectivity index is 0.00000306. The molecule has 3 heterocycles. The summed E-state index contributed by atoms with van der Waals surface area (Å²) in [5, 5.41) is 21.1. The monoisotopic (exact) mass is 488 g/mol. The molecule has 0 aliphatic carbocycles. The van der Waals surface area contributed by atoms with Crippen LogP contribution in [0.4, 0.5) is 5.69 Å². The van der Waals surface area contributed by atoms with E-state index in [1.165, 1.54) is 6.07 Å². The highest BCUT2D eigenvalue weighted by Gasteiger charge is 2.38. The first-order chi connectivity index (χ1) is 15.1. The number of anilines is 1. The van der Waals surface area contributed by atoms with Crippen LogP contribution in [0.15, 0.2) is 21.9 Å². The molecule has 5 N–H and O–H groups in total. The Labute approximate surface area is 183 Å². The number of piperidine rings is 1. The zero-order chi connectivity index (χ0) is 23.1. The van der Waals surface area contributed by atoms with Crippen molar-refractivity contribution in [3.05, 3.63) is 12.1 Å². The zero-order valence-electron chi connectivity index (χ0n) is 16.6. The molecule has 1 aromatic heterocycles. The number of nitrogens with two attached hydrogens (primary N) is 1. The molecule has 2 aliphatic heterocycles. The van der Waals surface area contributed by atoms with Crippen molar-refractivity contribution in [1.29, 1.82) is 0 Å². The molecule has 15 nitrogen and oxygen atoms in total. The van der Waals surface area contributed by atoms with Crippen molar-refractivity contribution in [2.24, 2.45) is 5.14 Å². The molecule has 17 heteroatoms.